The summed E-state index contributed by atoms with van der Waals surface area (Å²) >= 11 is 0. The number of hydrogen-bond donors (Lipinski definition) is 1. The van der Waals surface area contributed by atoms with Crippen LogP contribution in [0.3, 0.4) is 0 Å². The molecule has 13 heavy (non-hydrogen) atoms. The lowest BCUT2D eigenvalue weighted by Gasteiger charge is -2.13. The van der Waals surface area contributed by atoms with Crippen molar-refractivity contribution in [1.29, 1.82) is 0 Å². The van der Waals surface area contributed by atoms with E-state index >= 15 is 0 Å². The molecule has 0 aromatic carbocycles. The van der Waals surface area contributed by atoms with Crippen LogP contribution >= 0.6 is 0 Å². The molecule has 0 bridgehead atoms. The maximum Gasteiger partial charge on any atom is 0.305 e. The Kier molecular flexibility index (Phi) is 6.59. The van der Waals surface area contributed by atoms with E-state index in [9.17, 15) is 9.90 Å². The van der Waals surface area contributed by atoms with E-state index in [1.54, 1.807) is 0 Å². The van der Waals surface area contributed by atoms with Crippen LogP contribution in [0.5, 0.6) is 0 Å². The zero-order chi connectivity index (χ0) is 10.3. The van der Waals surface area contributed by atoms with Gasteiger partial charge in [0.25, 0.3) is 0 Å². The first kappa shape index (κ1) is 12.4. The van der Waals surface area contributed by atoms with Gasteiger partial charge in [-0.1, -0.05) is 20.8 Å². The van der Waals surface area contributed by atoms with Gasteiger partial charge in [-0.3, -0.25) is 4.79 Å². The molecule has 0 aromatic heterocycles. The van der Waals surface area contributed by atoms with Crippen LogP contribution in [0.2, 0.25) is 0 Å². The molecule has 1 atom stereocenters. The van der Waals surface area contributed by atoms with E-state index in [1.807, 2.05) is 20.8 Å². The van der Waals surface area contributed by atoms with Gasteiger partial charge in [-0.15, -0.1) is 0 Å². The average Bonchev–Trinajstić information content (AvgIpc) is 2.10. The van der Waals surface area contributed by atoms with Gasteiger partial charge in [-0.05, 0) is 18.8 Å². The molecule has 1 N–H and O–H groups in total. The molecule has 1 unspecified atom stereocenters. The zero-order valence-corrected chi connectivity index (χ0v) is 8.75. The quantitative estimate of drug-likeness (QED) is 0.646. The highest BCUT2D eigenvalue weighted by Gasteiger charge is 2.11. The Labute approximate surface area is 80.1 Å². The van der Waals surface area contributed by atoms with Gasteiger partial charge in [0.2, 0.25) is 0 Å². The molecule has 0 aliphatic carbocycles. The Bertz CT molecular complexity index is 143. The maximum atomic E-state index is 11.0. The first-order valence-corrected chi connectivity index (χ1v) is 4.91. The molecule has 0 rings (SSSR count). The summed E-state index contributed by atoms with van der Waals surface area (Å²) in [6, 6.07) is 0. The van der Waals surface area contributed by atoms with Crippen LogP contribution in [0.4, 0.5) is 0 Å². The van der Waals surface area contributed by atoms with Crippen molar-refractivity contribution >= 4 is 5.97 Å². The fourth-order valence-corrected chi connectivity index (χ4v) is 0.887. The molecule has 0 radical (unpaired) electrons. The minimum absolute atomic E-state index is 0.207. The number of carbonyl (C=O) groups excluding carboxylic acids is 1. The van der Waals surface area contributed by atoms with Crippen LogP contribution < -0.4 is 0 Å². The highest BCUT2D eigenvalue weighted by atomic mass is 16.5. The monoisotopic (exact) mass is 188 g/mol. The van der Waals surface area contributed by atoms with Gasteiger partial charge < -0.3 is 9.84 Å². The number of aliphatic hydroxyl groups excluding tert-OH is 1. The predicted molar refractivity (Wildman–Crippen MR) is 51.3 cm³/mol. The Morgan fingerprint density at radius 1 is 1.46 bits per heavy atom. The third-order valence-corrected chi connectivity index (χ3v) is 1.88. The molecule has 0 fully saturated rings. The van der Waals surface area contributed by atoms with E-state index in [2.05, 4.69) is 0 Å². The summed E-state index contributed by atoms with van der Waals surface area (Å²) in [5.74, 6) is 0.000486. The largest absolute Gasteiger partial charge is 0.466 e. The minimum atomic E-state index is -0.394. The number of rotatable bonds is 6. The molecule has 0 amide bonds. The first-order valence-electron chi connectivity index (χ1n) is 4.91. The zero-order valence-electron chi connectivity index (χ0n) is 8.75. The summed E-state index contributed by atoms with van der Waals surface area (Å²) in [7, 11) is 0. The van der Waals surface area contributed by atoms with Crippen LogP contribution in [0.25, 0.3) is 0 Å². The number of hydrogen-bond acceptors (Lipinski definition) is 3. The average molecular weight is 188 g/mol. The molecule has 0 saturated carbocycles. The fraction of sp³-hybridized carbons (Fsp3) is 0.900. The van der Waals surface area contributed by atoms with Gasteiger partial charge in [0, 0.05) is 6.42 Å². The summed E-state index contributed by atoms with van der Waals surface area (Å²) in [5.41, 5.74) is 0. The third-order valence-electron chi connectivity index (χ3n) is 1.88. The van der Waals surface area contributed by atoms with Gasteiger partial charge >= 0.3 is 5.97 Å². The fourth-order valence-electron chi connectivity index (χ4n) is 0.887. The summed E-state index contributed by atoms with van der Waals surface area (Å²) in [6.07, 6.45) is 1.27. The van der Waals surface area contributed by atoms with Crippen molar-refractivity contribution in [2.24, 2.45) is 5.92 Å². The molecular weight excluding hydrogens is 168 g/mol. The van der Waals surface area contributed by atoms with E-state index in [-0.39, 0.29) is 11.9 Å². The van der Waals surface area contributed by atoms with Crippen LogP contribution in [-0.2, 0) is 9.53 Å². The summed E-state index contributed by atoms with van der Waals surface area (Å²) in [5, 5.41) is 9.39. The van der Waals surface area contributed by atoms with Crippen molar-refractivity contribution in [3.05, 3.63) is 0 Å². The number of esters is 1. The smallest absolute Gasteiger partial charge is 0.305 e. The lowest BCUT2D eigenvalue weighted by Crippen LogP contribution is -2.17. The molecule has 0 aromatic rings. The normalized spacial score (nSPS) is 13.0. The summed E-state index contributed by atoms with van der Waals surface area (Å²) < 4.78 is 4.87. The molecule has 3 nitrogen and oxygen atoms in total. The second kappa shape index (κ2) is 6.89. The van der Waals surface area contributed by atoms with Gasteiger partial charge in [-0.2, -0.15) is 0 Å². The van der Waals surface area contributed by atoms with Crippen molar-refractivity contribution in [3.63, 3.8) is 0 Å². The third kappa shape index (κ3) is 6.58. The predicted octanol–water partition coefficient (Wildman–Crippen LogP) is 1.74. The Hall–Kier alpha value is -0.570. The SMILES string of the molecule is CCCOC(=O)CCC(O)C(C)C. The topological polar surface area (TPSA) is 46.5 Å². The van der Waals surface area contributed by atoms with Crippen LogP contribution in [-0.4, -0.2) is 23.8 Å². The van der Waals surface area contributed by atoms with Crippen molar-refractivity contribution in [3.8, 4) is 0 Å². The van der Waals surface area contributed by atoms with E-state index in [4.69, 9.17) is 4.74 Å². The van der Waals surface area contributed by atoms with E-state index < -0.39 is 6.10 Å². The van der Waals surface area contributed by atoms with E-state index in [0.717, 1.165) is 6.42 Å². The van der Waals surface area contributed by atoms with Gasteiger partial charge in [0.05, 0.1) is 12.7 Å². The number of aliphatic hydroxyl groups is 1. The van der Waals surface area contributed by atoms with Crippen LogP contribution in [0.1, 0.15) is 40.0 Å². The Morgan fingerprint density at radius 2 is 2.08 bits per heavy atom. The van der Waals surface area contributed by atoms with Crippen molar-refractivity contribution in [2.45, 2.75) is 46.1 Å². The number of carbonyl (C=O) groups is 1. The second-order valence-corrected chi connectivity index (χ2v) is 3.57. The lowest BCUT2D eigenvalue weighted by atomic mass is 10.0. The van der Waals surface area contributed by atoms with Crippen molar-refractivity contribution in [1.82, 2.24) is 0 Å². The molecule has 0 spiro atoms. The molecule has 0 aliphatic heterocycles. The maximum absolute atomic E-state index is 11.0. The molecular formula is C10H20O3. The molecule has 78 valence electrons. The number of ether oxygens (including phenoxy) is 1. The molecule has 0 aliphatic rings. The Balaban J connectivity index is 3.46. The summed E-state index contributed by atoms with van der Waals surface area (Å²) in [6.45, 7) is 6.30. The Morgan fingerprint density at radius 3 is 2.54 bits per heavy atom. The van der Waals surface area contributed by atoms with Crippen molar-refractivity contribution < 1.29 is 14.6 Å². The molecule has 0 saturated heterocycles. The summed E-state index contributed by atoms with van der Waals surface area (Å²) in [4.78, 5) is 11.0. The van der Waals surface area contributed by atoms with Gasteiger partial charge in [-0.25, -0.2) is 0 Å². The second-order valence-electron chi connectivity index (χ2n) is 3.57. The van der Waals surface area contributed by atoms with Crippen LogP contribution in [0, 0.1) is 5.92 Å². The van der Waals surface area contributed by atoms with E-state index in [0.29, 0.717) is 19.4 Å². The highest BCUT2D eigenvalue weighted by Crippen LogP contribution is 2.08. The van der Waals surface area contributed by atoms with Crippen LogP contribution in [0.15, 0.2) is 0 Å². The van der Waals surface area contributed by atoms with Gasteiger partial charge in [0.15, 0.2) is 0 Å². The molecule has 3 heteroatoms. The molecule has 0 heterocycles. The standard InChI is InChI=1S/C10H20O3/c1-4-7-13-10(12)6-5-9(11)8(2)3/h8-9,11H,4-7H2,1-3H3. The minimum Gasteiger partial charge on any atom is -0.466 e. The van der Waals surface area contributed by atoms with E-state index in [1.165, 1.54) is 0 Å². The highest BCUT2D eigenvalue weighted by molar-refractivity contribution is 5.69. The first-order chi connectivity index (χ1) is 6.07. The lowest BCUT2D eigenvalue weighted by molar-refractivity contribution is -0.144. The van der Waals surface area contributed by atoms with Crippen molar-refractivity contribution in [2.75, 3.05) is 6.61 Å². The van der Waals surface area contributed by atoms with Gasteiger partial charge in [0.1, 0.15) is 0 Å².